The van der Waals surface area contributed by atoms with Gasteiger partial charge in [-0.25, -0.2) is 0 Å². The highest BCUT2D eigenvalue weighted by atomic mass is 16.3. The van der Waals surface area contributed by atoms with Crippen LogP contribution in [0.15, 0.2) is 24.3 Å². The Morgan fingerprint density at radius 2 is 1.75 bits per heavy atom. The second kappa shape index (κ2) is 6.68. The van der Waals surface area contributed by atoms with Crippen molar-refractivity contribution in [2.75, 3.05) is 45.9 Å². The van der Waals surface area contributed by atoms with E-state index in [1.165, 1.54) is 11.1 Å². The molecule has 0 amide bonds. The number of aliphatic hydroxyl groups excluding tert-OH is 1. The molecule has 0 aromatic heterocycles. The van der Waals surface area contributed by atoms with Crippen LogP contribution >= 0.6 is 0 Å². The lowest BCUT2D eigenvalue weighted by molar-refractivity contribution is 0.105. The SMILES string of the molecule is OCCN1CCN(CC2Cc3ccccc3CN2)CC1. The second-order valence-corrected chi connectivity index (χ2v) is 5.92. The maximum Gasteiger partial charge on any atom is 0.0558 e. The summed E-state index contributed by atoms with van der Waals surface area (Å²) in [5.74, 6) is 0. The fraction of sp³-hybridized carbons (Fsp3) is 0.625. The van der Waals surface area contributed by atoms with Gasteiger partial charge in [0, 0.05) is 51.9 Å². The number of aliphatic hydroxyl groups is 1. The number of hydrogen-bond donors (Lipinski definition) is 2. The minimum absolute atomic E-state index is 0.279. The molecule has 1 unspecified atom stereocenters. The van der Waals surface area contributed by atoms with Crippen LogP contribution in [0.4, 0.5) is 0 Å². The number of rotatable bonds is 4. The molecule has 2 heterocycles. The number of nitrogens with one attached hydrogen (secondary N) is 1. The number of nitrogens with zero attached hydrogens (tertiary/aromatic N) is 2. The summed E-state index contributed by atoms with van der Waals surface area (Å²) in [5.41, 5.74) is 2.96. The molecule has 1 fully saturated rings. The molecule has 1 aromatic rings. The Bertz CT molecular complexity index is 429. The number of β-amino-alcohol motifs (C(OH)–C–C–N with tert-alkyl or cyclic N) is 1. The summed E-state index contributed by atoms with van der Waals surface area (Å²) >= 11 is 0. The van der Waals surface area contributed by atoms with Crippen LogP contribution in [0.2, 0.25) is 0 Å². The Labute approximate surface area is 121 Å². The van der Waals surface area contributed by atoms with Crippen LogP contribution in [0, 0.1) is 0 Å². The molecule has 1 saturated heterocycles. The molecular weight excluding hydrogens is 250 g/mol. The van der Waals surface area contributed by atoms with E-state index in [2.05, 4.69) is 39.4 Å². The smallest absolute Gasteiger partial charge is 0.0558 e. The van der Waals surface area contributed by atoms with E-state index >= 15 is 0 Å². The monoisotopic (exact) mass is 275 g/mol. The number of benzene rings is 1. The maximum absolute atomic E-state index is 8.97. The van der Waals surface area contributed by atoms with Gasteiger partial charge in [0.2, 0.25) is 0 Å². The van der Waals surface area contributed by atoms with Crippen molar-refractivity contribution < 1.29 is 5.11 Å². The standard InChI is InChI=1S/C16H25N3O/c20-10-9-18-5-7-19(8-6-18)13-16-11-14-3-1-2-4-15(14)12-17-16/h1-4,16-17,20H,5-13H2. The Morgan fingerprint density at radius 1 is 1.05 bits per heavy atom. The number of hydrogen-bond acceptors (Lipinski definition) is 4. The average molecular weight is 275 g/mol. The van der Waals surface area contributed by atoms with E-state index in [9.17, 15) is 0 Å². The van der Waals surface area contributed by atoms with E-state index in [0.717, 1.165) is 52.2 Å². The second-order valence-electron chi connectivity index (χ2n) is 5.92. The van der Waals surface area contributed by atoms with E-state index in [0.29, 0.717) is 6.04 Å². The molecule has 2 N–H and O–H groups in total. The molecule has 0 aliphatic carbocycles. The third-order valence-corrected chi connectivity index (χ3v) is 4.53. The van der Waals surface area contributed by atoms with Crippen molar-refractivity contribution in [2.24, 2.45) is 0 Å². The third-order valence-electron chi connectivity index (χ3n) is 4.53. The Kier molecular flexibility index (Phi) is 4.68. The summed E-state index contributed by atoms with van der Waals surface area (Å²) < 4.78 is 0. The molecule has 0 spiro atoms. The van der Waals surface area contributed by atoms with Crippen molar-refractivity contribution >= 4 is 0 Å². The van der Waals surface area contributed by atoms with Gasteiger partial charge in [0.05, 0.1) is 6.61 Å². The molecule has 4 heteroatoms. The van der Waals surface area contributed by atoms with Crippen LogP contribution in [0.1, 0.15) is 11.1 Å². The van der Waals surface area contributed by atoms with Crippen LogP contribution in [0.25, 0.3) is 0 Å². The Hall–Kier alpha value is -0.940. The topological polar surface area (TPSA) is 38.7 Å². The van der Waals surface area contributed by atoms with Gasteiger partial charge in [-0.3, -0.25) is 9.80 Å². The molecule has 3 rings (SSSR count). The largest absolute Gasteiger partial charge is 0.395 e. The maximum atomic E-state index is 8.97. The van der Waals surface area contributed by atoms with Crippen molar-refractivity contribution in [3.05, 3.63) is 35.4 Å². The molecule has 0 saturated carbocycles. The van der Waals surface area contributed by atoms with E-state index in [1.807, 2.05) is 0 Å². The third kappa shape index (κ3) is 3.38. The van der Waals surface area contributed by atoms with Gasteiger partial charge in [0.15, 0.2) is 0 Å². The highest BCUT2D eigenvalue weighted by Crippen LogP contribution is 2.17. The molecular formula is C16H25N3O. The first-order valence-corrected chi connectivity index (χ1v) is 7.71. The lowest BCUT2D eigenvalue weighted by Crippen LogP contribution is -2.52. The van der Waals surface area contributed by atoms with E-state index in [1.54, 1.807) is 0 Å². The Balaban J connectivity index is 1.48. The van der Waals surface area contributed by atoms with Crippen molar-refractivity contribution in [1.29, 1.82) is 0 Å². The van der Waals surface area contributed by atoms with Gasteiger partial charge >= 0.3 is 0 Å². The normalized spacial score (nSPS) is 24.6. The minimum atomic E-state index is 0.279. The van der Waals surface area contributed by atoms with E-state index < -0.39 is 0 Å². The van der Waals surface area contributed by atoms with Gasteiger partial charge in [-0.15, -0.1) is 0 Å². The molecule has 2 aliphatic heterocycles. The fourth-order valence-electron chi connectivity index (χ4n) is 3.30. The van der Waals surface area contributed by atoms with Gasteiger partial charge in [-0.2, -0.15) is 0 Å². The molecule has 20 heavy (non-hydrogen) atoms. The summed E-state index contributed by atoms with van der Waals surface area (Å²) in [5, 5.41) is 12.6. The summed E-state index contributed by atoms with van der Waals surface area (Å²) in [4.78, 5) is 4.90. The van der Waals surface area contributed by atoms with Crippen LogP contribution in [-0.4, -0.2) is 66.8 Å². The number of fused-ring (bicyclic) bond motifs is 1. The highest BCUT2D eigenvalue weighted by molar-refractivity contribution is 5.29. The van der Waals surface area contributed by atoms with Gasteiger partial charge in [0.1, 0.15) is 0 Å². The van der Waals surface area contributed by atoms with Gasteiger partial charge in [0.25, 0.3) is 0 Å². The Morgan fingerprint density at radius 3 is 2.50 bits per heavy atom. The predicted octanol–water partition coefficient (Wildman–Crippen LogP) is 0.311. The van der Waals surface area contributed by atoms with Gasteiger partial charge in [-0.1, -0.05) is 24.3 Å². The van der Waals surface area contributed by atoms with E-state index in [-0.39, 0.29) is 6.61 Å². The van der Waals surface area contributed by atoms with Crippen LogP contribution in [-0.2, 0) is 13.0 Å². The number of piperazine rings is 1. The molecule has 0 radical (unpaired) electrons. The quantitative estimate of drug-likeness (QED) is 0.830. The van der Waals surface area contributed by atoms with Crippen molar-refractivity contribution in [3.63, 3.8) is 0 Å². The fourth-order valence-corrected chi connectivity index (χ4v) is 3.30. The summed E-state index contributed by atoms with van der Waals surface area (Å²) in [6.07, 6.45) is 1.15. The minimum Gasteiger partial charge on any atom is -0.395 e. The molecule has 2 aliphatic rings. The molecule has 110 valence electrons. The first kappa shape index (κ1) is 14.0. The van der Waals surface area contributed by atoms with Gasteiger partial charge < -0.3 is 10.4 Å². The summed E-state index contributed by atoms with van der Waals surface area (Å²) in [6, 6.07) is 9.35. The highest BCUT2D eigenvalue weighted by Gasteiger charge is 2.22. The molecule has 1 aromatic carbocycles. The van der Waals surface area contributed by atoms with Crippen LogP contribution in [0.3, 0.4) is 0 Å². The molecule has 1 atom stereocenters. The van der Waals surface area contributed by atoms with Crippen LogP contribution < -0.4 is 5.32 Å². The molecule has 4 nitrogen and oxygen atoms in total. The van der Waals surface area contributed by atoms with Crippen molar-refractivity contribution in [1.82, 2.24) is 15.1 Å². The first-order chi connectivity index (χ1) is 9.85. The van der Waals surface area contributed by atoms with E-state index in [4.69, 9.17) is 5.11 Å². The van der Waals surface area contributed by atoms with Crippen molar-refractivity contribution in [2.45, 2.75) is 19.0 Å². The zero-order valence-electron chi connectivity index (χ0n) is 12.1. The van der Waals surface area contributed by atoms with Crippen molar-refractivity contribution in [3.8, 4) is 0 Å². The lowest BCUT2D eigenvalue weighted by Gasteiger charge is -2.37. The predicted molar refractivity (Wildman–Crippen MR) is 80.7 cm³/mol. The van der Waals surface area contributed by atoms with Crippen LogP contribution in [0.5, 0.6) is 0 Å². The summed E-state index contributed by atoms with van der Waals surface area (Å²) in [7, 11) is 0. The lowest BCUT2D eigenvalue weighted by atomic mass is 9.95. The first-order valence-electron chi connectivity index (χ1n) is 7.71. The van der Waals surface area contributed by atoms with Gasteiger partial charge in [-0.05, 0) is 17.5 Å². The summed E-state index contributed by atoms with van der Waals surface area (Å²) in [6.45, 7) is 7.67. The molecule has 0 bridgehead atoms. The zero-order chi connectivity index (χ0) is 13.8. The average Bonchev–Trinajstić information content (AvgIpc) is 2.49. The zero-order valence-corrected chi connectivity index (χ0v) is 12.1.